The Balaban J connectivity index is 0.000000156. The van der Waals surface area contributed by atoms with E-state index >= 15 is 0 Å². The summed E-state index contributed by atoms with van der Waals surface area (Å²) < 4.78 is 15.0. The van der Waals surface area contributed by atoms with E-state index in [9.17, 15) is 14.4 Å². The van der Waals surface area contributed by atoms with Gasteiger partial charge in [-0.2, -0.15) is 0 Å². The van der Waals surface area contributed by atoms with Crippen LogP contribution in [0.5, 0.6) is 0 Å². The van der Waals surface area contributed by atoms with E-state index in [1.807, 2.05) is 0 Å². The summed E-state index contributed by atoms with van der Waals surface area (Å²) in [4.78, 5) is 30.8. The summed E-state index contributed by atoms with van der Waals surface area (Å²) in [6, 6.07) is 26.4. The lowest BCUT2D eigenvalue weighted by atomic mass is 9.90. The van der Waals surface area contributed by atoms with Crippen molar-refractivity contribution in [3.8, 4) is 0 Å². The number of cyclic esters (lactones) is 6. The van der Waals surface area contributed by atoms with Crippen LogP contribution in [0.4, 0.5) is 14.4 Å². The smallest absolute Gasteiger partial charge is 0.344 e. The minimum absolute atomic E-state index is 1.13. The molecule has 1 aliphatic rings. The third-order valence-electron chi connectivity index (χ3n) is 5.08. The molecule has 8 heteroatoms. The van der Waals surface area contributed by atoms with Gasteiger partial charge in [0, 0.05) is 0 Å². The molecule has 8 nitrogen and oxygen atoms in total. The van der Waals surface area contributed by atoms with Gasteiger partial charge in [0.05, 0.1) is 0 Å². The number of benzene rings is 5. The van der Waals surface area contributed by atoms with Crippen molar-refractivity contribution in [3.05, 3.63) is 72.8 Å². The van der Waals surface area contributed by atoms with Crippen molar-refractivity contribution < 1.29 is 33.3 Å². The van der Waals surface area contributed by atoms with E-state index < -0.39 is 24.5 Å². The third-order valence-corrected chi connectivity index (χ3v) is 5.08. The number of fused-ring (bicyclic) bond motifs is 2. The molecular formula is C24H13NO7. The average Bonchev–Trinajstić information content (AvgIpc) is 2.76. The SMILES string of the molecule is N=C1OC(=O)OC(=O)OC(=O)O1.c1cc2cccc3c4cccc5cccc(c(c1)c23)c54. The quantitative estimate of drug-likeness (QED) is 0.138. The van der Waals surface area contributed by atoms with Crippen LogP contribution in [0.2, 0.25) is 0 Å². The molecule has 0 amide bonds. The second kappa shape index (κ2) is 7.51. The number of carbonyl (C=O) groups excluding carboxylic acids is 3. The highest BCUT2D eigenvalue weighted by Crippen LogP contribution is 2.39. The summed E-state index contributed by atoms with van der Waals surface area (Å²) in [7, 11) is 0. The summed E-state index contributed by atoms with van der Waals surface area (Å²) in [6.45, 7) is 0. The molecule has 1 heterocycles. The molecule has 32 heavy (non-hydrogen) atoms. The maximum Gasteiger partial charge on any atom is 0.528 e. The number of hydrogen-bond acceptors (Lipinski definition) is 8. The number of nitrogens with one attached hydrogen (secondary N) is 1. The van der Waals surface area contributed by atoms with Crippen molar-refractivity contribution in [1.29, 1.82) is 5.41 Å². The number of rotatable bonds is 0. The largest absolute Gasteiger partial charge is 0.528 e. The van der Waals surface area contributed by atoms with Gasteiger partial charge in [-0.3, -0.25) is 0 Å². The molecule has 6 rings (SSSR count). The van der Waals surface area contributed by atoms with Gasteiger partial charge in [-0.1, -0.05) is 72.8 Å². The first-order valence-electron chi connectivity index (χ1n) is 9.47. The summed E-state index contributed by atoms with van der Waals surface area (Å²) in [5.41, 5.74) is 0. The van der Waals surface area contributed by atoms with Crippen LogP contribution in [0.1, 0.15) is 0 Å². The van der Waals surface area contributed by atoms with Crippen LogP contribution in [0.3, 0.4) is 0 Å². The predicted molar refractivity (Wildman–Crippen MR) is 116 cm³/mol. The Morgan fingerprint density at radius 3 is 1.12 bits per heavy atom. The van der Waals surface area contributed by atoms with Gasteiger partial charge in [-0.05, 0) is 43.1 Å². The van der Waals surface area contributed by atoms with Crippen molar-refractivity contribution in [2.24, 2.45) is 0 Å². The maximum atomic E-state index is 10.3. The molecule has 0 bridgehead atoms. The number of carbonyl (C=O) groups is 3. The molecule has 5 aromatic rings. The molecule has 0 aromatic heterocycles. The van der Waals surface area contributed by atoms with Gasteiger partial charge in [-0.25, -0.2) is 19.8 Å². The number of hydrogen-bond donors (Lipinski definition) is 1. The van der Waals surface area contributed by atoms with Crippen LogP contribution in [0.15, 0.2) is 72.8 Å². The molecule has 0 radical (unpaired) electrons. The van der Waals surface area contributed by atoms with Gasteiger partial charge < -0.3 is 18.9 Å². The van der Waals surface area contributed by atoms with Crippen molar-refractivity contribution in [3.63, 3.8) is 0 Å². The Hall–Kier alpha value is -4.72. The maximum absolute atomic E-state index is 10.3. The van der Waals surface area contributed by atoms with Gasteiger partial charge in [0.1, 0.15) is 0 Å². The average molecular weight is 427 g/mol. The lowest BCUT2D eigenvalue weighted by Gasteiger charge is -2.13. The van der Waals surface area contributed by atoms with E-state index in [0.29, 0.717) is 0 Å². The Bertz CT molecular complexity index is 1320. The van der Waals surface area contributed by atoms with Crippen molar-refractivity contribution in [2.45, 2.75) is 0 Å². The Morgan fingerprint density at radius 1 is 0.469 bits per heavy atom. The first-order chi connectivity index (χ1) is 15.5. The van der Waals surface area contributed by atoms with Crippen LogP contribution in [0.25, 0.3) is 43.1 Å². The summed E-state index contributed by atoms with van der Waals surface area (Å²) in [5, 5.41) is 17.5. The van der Waals surface area contributed by atoms with E-state index in [4.69, 9.17) is 5.41 Å². The van der Waals surface area contributed by atoms with Crippen LogP contribution >= 0.6 is 0 Å². The van der Waals surface area contributed by atoms with Crippen LogP contribution in [-0.4, -0.2) is 24.5 Å². The second-order valence-corrected chi connectivity index (χ2v) is 6.86. The molecule has 0 atom stereocenters. The Morgan fingerprint density at radius 2 is 0.781 bits per heavy atom. The van der Waals surface area contributed by atoms with E-state index in [0.717, 1.165) is 0 Å². The topological polar surface area (TPSA) is 112 Å². The van der Waals surface area contributed by atoms with E-state index in [2.05, 4.69) is 91.7 Å². The molecule has 5 aromatic carbocycles. The number of ether oxygens (including phenoxy) is 4. The van der Waals surface area contributed by atoms with Crippen molar-refractivity contribution >= 4 is 67.6 Å². The molecule has 156 valence electrons. The van der Waals surface area contributed by atoms with Gasteiger partial charge in [0.15, 0.2) is 0 Å². The second-order valence-electron chi connectivity index (χ2n) is 6.86. The fourth-order valence-corrected chi connectivity index (χ4v) is 3.95. The van der Waals surface area contributed by atoms with Gasteiger partial charge in [0.25, 0.3) is 0 Å². The molecular weight excluding hydrogens is 414 g/mol. The molecule has 1 N–H and O–H groups in total. The lowest BCUT2D eigenvalue weighted by molar-refractivity contribution is 0.0323. The molecule has 0 aliphatic carbocycles. The van der Waals surface area contributed by atoms with Crippen molar-refractivity contribution in [1.82, 2.24) is 0 Å². The Labute approximate surface area is 179 Å². The highest BCUT2D eigenvalue weighted by molar-refractivity contribution is 6.32. The van der Waals surface area contributed by atoms with Gasteiger partial charge >= 0.3 is 24.5 Å². The minimum Gasteiger partial charge on any atom is -0.344 e. The van der Waals surface area contributed by atoms with E-state index in [1.54, 1.807) is 0 Å². The highest BCUT2D eigenvalue weighted by Gasteiger charge is 2.26. The van der Waals surface area contributed by atoms with Gasteiger partial charge in [0.2, 0.25) is 0 Å². The van der Waals surface area contributed by atoms with Crippen LogP contribution in [-0.2, 0) is 18.9 Å². The molecule has 1 saturated heterocycles. The monoisotopic (exact) mass is 427 g/mol. The van der Waals surface area contributed by atoms with Crippen LogP contribution < -0.4 is 0 Å². The molecule has 0 unspecified atom stereocenters. The molecule has 0 spiro atoms. The molecule has 0 saturated carbocycles. The summed E-state index contributed by atoms with van der Waals surface area (Å²) in [6.07, 6.45) is -5.70. The molecule has 1 fully saturated rings. The van der Waals surface area contributed by atoms with Gasteiger partial charge in [-0.15, -0.1) is 0 Å². The fraction of sp³-hybridized carbons (Fsp3) is 0. The zero-order chi connectivity index (χ0) is 22.2. The zero-order valence-electron chi connectivity index (χ0n) is 16.3. The third kappa shape index (κ3) is 3.29. The zero-order valence-corrected chi connectivity index (χ0v) is 16.3. The van der Waals surface area contributed by atoms with E-state index in [1.165, 1.54) is 43.1 Å². The highest BCUT2D eigenvalue weighted by atomic mass is 16.9. The standard InChI is InChI=1S/C20H12.C4HNO7/c1-5-13-6-2-11-17-18-12-4-8-14-7-3-10-16(20(14)18)15(9-1)19(13)17;5-1-9-2(6)11-4(8)12-3(7)10-1/h1-12H;5H. The first kappa shape index (κ1) is 19.3. The fourth-order valence-electron chi connectivity index (χ4n) is 3.95. The summed E-state index contributed by atoms with van der Waals surface area (Å²) >= 11 is 0. The molecule has 1 aliphatic heterocycles. The normalized spacial score (nSPS) is 14.2. The predicted octanol–water partition coefficient (Wildman–Crippen LogP) is 6.10. The van der Waals surface area contributed by atoms with Crippen molar-refractivity contribution in [2.75, 3.05) is 0 Å². The van der Waals surface area contributed by atoms with E-state index in [-0.39, 0.29) is 0 Å². The summed E-state index contributed by atoms with van der Waals surface area (Å²) in [5.74, 6) is 0. The minimum atomic E-state index is -1.57. The first-order valence-corrected chi connectivity index (χ1v) is 9.47. The lowest BCUT2D eigenvalue weighted by Crippen LogP contribution is -2.28. The Kier molecular flexibility index (Phi) is 4.52. The van der Waals surface area contributed by atoms with Crippen LogP contribution in [0, 0.1) is 5.41 Å².